The molecular formula is C24H32N2O3. The zero-order valence-corrected chi connectivity index (χ0v) is 17.5. The molecule has 1 unspecified atom stereocenters. The number of rotatable bonds is 8. The summed E-state index contributed by atoms with van der Waals surface area (Å²) in [5.41, 5.74) is 4.14. The second-order valence-electron chi connectivity index (χ2n) is 7.73. The van der Waals surface area contributed by atoms with Crippen molar-refractivity contribution in [2.75, 3.05) is 42.6 Å². The maximum absolute atomic E-state index is 12.0. The van der Waals surface area contributed by atoms with Crippen molar-refractivity contribution in [3.63, 3.8) is 0 Å². The van der Waals surface area contributed by atoms with Crippen molar-refractivity contribution in [3.8, 4) is 0 Å². The molecule has 5 heteroatoms. The lowest BCUT2D eigenvalue weighted by Gasteiger charge is -2.37. The van der Waals surface area contributed by atoms with Crippen LogP contribution >= 0.6 is 0 Å². The predicted octanol–water partition coefficient (Wildman–Crippen LogP) is 3.89. The summed E-state index contributed by atoms with van der Waals surface area (Å²) < 4.78 is 5.27. The molecule has 1 aliphatic heterocycles. The maximum Gasteiger partial charge on any atom is 0.338 e. The summed E-state index contributed by atoms with van der Waals surface area (Å²) in [7, 11) is 0. The molecule has 156 valence electrons. The normalized spacial score (nSPS) is 15.3. The van der Waals surface area contributed by atoms with Gasteiger partial charge in [-0.3, -0.25) is 0 Å². The fourth-order valence-electron chi connectivity index (χ4n) is 3.61. The second-order valence-corrected chi connectivity index (χ2v) is 7.73. The third kappa shape index (κ3) is 5.97. The standard InChI is InChI=1S/C24H32N2O3/c1-3-4-17-29-24(28)21-7-11-23(12-8-21)26-15-13-25(14-16-26)22-9-5-20(6-10-22)18-19(2)27/h5-12,19,27H,3-4,13-18H2,1-2H3. The van der Waals surface area contributed by atoms with Crippen LogP contribution in [0.1, 0.15) is 42.6 Å². The Morgan fingerprint density at radius 1 is 0.966 bits per heavy atom. The van der Waals surface area contributed by atoms with Gasteiger partial charge in [0.1, 0.15) is 0 Å². The second kappa shape index (κ2) is 10.3. The number of anilines is 2. The van der Waals surface area contributed by atoms with E-state index in [1.807, 2.05) is 31.2 Å². The largest absolute Gasteiger partial charge is 0.462 e. The van der Waals surface area contributed by atoms with Crippen LogP contribution in [0.15, 0.2) is 48.5 Å². The van der Waals surface area contributed by atoms with Crippen LogP contribution in [-0.4, -0.2) is 50.0 Å². The number of benzene rings is 2. The maximum atomic E-state index is 12.0. The molecular weight excluding hydrogens is 364 g/mol. The molecule has 0 saturated carbocycles. The summed E-state index contributed by atoms with van der Waals surface area (Å²) in [6.07, 6.45) is 2.30. The molecule has 1 heterocycles. The van der Waals surface area contributed by atoms with E-state index in [2.05, 4.69) is 41.0 Å². The first-order chi connectivity index (χ1) is 14.1. The van der Waals surface area contributed by atoms with Gasteiger partial charge in [0.25, 0.3) is 0 Å². The number of carbonyl (C=O) groups excluding carboxylic acids is 1. The number of piperazine rings is 1. The minimum atomic E-state index is -0.311. The van der Waals surface area contributed by atoms with Gasteiger partial charge < -0.3 is 19.6 Å². The van der Waals surface area contributed by atoms with E-state index in [1.54, 1.807) is 0 Å². The van der Waals surface area contributed by atoms with Gasteiger partial charge >= 0.3 is 5.97 Å². The van der Waals surface area contributed by atoms with Crippen LogP contribution in [0.3, 0.4) is 0 Å². The van der Waals surface area contributed by atoms with E-state index in [0.29, 0.717) is 18.6 Å². The summed E-state index contributed by atoms with van der Waals surface area (Å²) in [6.45, 7) is 8.17. The van der Waals surface area contributed by atoms with Gasteiger partial charge in [-0.1, -0.05) is 25.5 Å². The molecule has 5 nitrogen and oxygen atoms in total. The van der Waals surface area contributed by atoms with E-state index in [0.717, 1.165) is 50.3 Å². The van der Waals surface area contributed by atoms with Crippen LogP contribution in [0.2, 0.25) is 0 Å². The molecule has 29 heavy (non-hydrogen) atoms. The fourth-order valence-corrected chi connectivity index (χ4v) is 3.61. The van der Waals surface area contributed by atoms with E-state index < -0.39 is 0 Å². The minimum absolute atomic E-state index is 0.242. The van der Waals surface area contributed by atoms with Crippen LogP contribution in [0, 0.1) is 0 Å². The van der Waals surface area contributed by atoms with Gasteiger partial charge in [-0.2, -0.15) is 0 Å². The average Bonchev–Trinajstić information content (AvgIpc) is 2.74. The Morgan fingerprint density at radius 2 is 1.48 bits per heavy atom. The molecule has 0 amide bonds. The smallest absolute Gasteiger partial charge is 0.338 e. The van der Waals surface area contributed by atoms with Crippen molar-refractivity contribution in [2.45, 2.75) is 39.2 Å². The van der Waals surface area contributed by atoms with Gasteiger partial charge in [0.2, 0.25) is 0 Å². The van der Waals surface area contributed by atoms with Crippen LogP contribution in [0.4, 0.5) is 11.4 Å². The number of esters is 1. The highest BCUT2D eigenvalue weighted by Gasteiger charge is 2.18. The van der Waals surface area contributed by atoms with Gasteiger partial charge in [-0.25, -0.2) is 4.79 Å². The molecule has 1 N–H and O–H groups in total. The first-order valence-corrected chi connectivity index (χ1v) is 10.6. The van der Waals surface area contributed by atoms with E-state index in [-0.39, 0.29) is 12.1 Å². The number of ether oxygens (including phenoxy) is 1. The molecule has 0 spiro atoms. The molecule has 2 aromatic rings. The van der Waals surface area contributed by atoms with Crippen molar-refractivity contribution < 1.29 is 14.6 Å². The molecule has 1 fully saturated rings. The summed E-state index contributed by atoms with van der Waals surface area (Å²) in [4.78, 5) is 16.8. The molecule has 0 aliphatic carbocycles. The summed E-state index contributed by atoms with van der Waals surface area (Å²) in [6, 6.07) is 16.2. The SMILES string of the molecule is CCCCOC(=O)c1ccc(N2CCN(c3ccc(CC(C)O)cc3)CC2)cc1. The average molecular weight is 397 g/mol. The molecule has 0 aromatic heterocycles. The third-order valence-corrected chi connectivity index (χ3v) is 5.31. The molecule has 3 rings (SSSR count). The van der Waals surface area contributed by atoms with Crippen LogP contribution in [0.5, 0.6) is 0 Å². The highest BCUT2D eigenvalue weighted by Crippen LogP contribution is 2.22. The Balaban J connectivity index is 1.52. The zero-order valence-electron chi connectivity index (χ0n) is 17.5. The number of aliphatic hydroxyl groups is 1. The van der Waals surface area contributed by atoms with Gasteiger partial charge in [-0.05, 0) is 61.7 Å². The molecule has 1 aliphatic rings. The quantitative estimate of drug-likeness (QED) is 0.542. The highest BCUT2D eigenvalue weighted by molar-refractivity contribution is 5.89. The van der Waals surface area contributed by atoms with Gasteiger partial charge in [0.15, 0.2) is 0 Å². The molecule has 2 aromatic carbocycles. The van der Waals surface area contributed by atoms with Crippen LogP contribution in [-0.2, 0) is 11.2 Å². The van der Waals surface area contributed by atoms with E-state index in [4.69, 9.17) is 4.74 Å². The zero-order chi connectivity index (χ0) is 20.6. The monoisotopic (exact) mass is 396 g/mol. The lowest BCUT2D eigenvalue weighted by Crippen LogP contribution is -2.46. The number of carbonyl (C=O) groups is 1. The molecule has 0 radical (unpaired) electrons. The van der Waals surface area contributed by atoms with Crippen molar-refractivity contribution in [2.24, 2.45) is 0 Å². The fraction of sp³-hybridized carbons (Fsp3) is 0.458. The van der Waals surface area contributed by atoms with Gasteiger partial charge in [0.05, 0.1) is 18.3 Å². The predicted molar refractivity (Wildman–Crippen MR) is 118 cm³/mol. The van der Waals surface area contributed by atoms with Crippen molar-refractivity contribution in [1.29, 1.82) is 0 Å². The van der Waals surface area contributed by atoms with Crippen molar-refractivity contribution in [1.82, 2.24) is 0 Å². The first kappa shape index (κ1) is 21.2. The Bertz CT molecular complexity index is 764. The molecule has 1 atom stereocenters. The van der Waals surface area contributed by atoms with E-state index in [9.17, 15) is 9.90 Å². The topological polar surface area (TPSA) is 53.0 Å². The Morgan fingerprint density at radius 3 is 1.97 bits per heavy atom. The third-order valence-electron chi connectivity index (χ3n) is 5.31. The lowest BCUT2D eigenvalue weighted by molar-refractivity contribution is 0.0499. The minimum Gasteiger partial charge on any atom is -0.462 e. The lowest BCUT2D eigenvalue weighted by atomic mass is 10.1. The van der Waals surface area contributed by atoms with Crippen molar-refractivity contribution >= 4 is 17.3 Å². The summed E-state index contributed by atoms with van der Waals surface area (Å²) in [5.74, 6) is -0.242. The molecule has 0 bridgehead atoms. The van der Waals surface area contributed by atoms with Crippen molar-refractivity contribution in [3.05, 3.63) is 59.7 Å². The Hall–Kier alpha value is -2.53. The number of hydrogen-bond acceptors (Lipinski definition) is 5. The van der Waals surface area contributed by atoms with E-state index >= 15 is 0 Å². The first-order valence-electron chi connectivity index (χ1n) is 10.6. The summed E-state index contributed by atoms with van der Waals surface area (Å²) in [5, 5.41) is 9.52. The van der Waals surface area contributed by atoms with E-state index in [1.165, 1.54) is 5.69 Å². The van der Waals surface area contributed by atoms with Gasteiger partial charge in [-0.15, -0.1) is 0 Å². The summed E-state index contributed by atoms with van der Waals surface area (Å²) >= 11 is 0. The van der Waals surface area contributed by atoms with Crippen LogP contribution in [0.25, 0.3) is 0 Å². The van der Waals surface area contributed by atoms with Gasteiger partial charge in [0, 0.05) is 37.6 Å². The Labute approximate surface area is 173 Å². The Kier molecular flexibility index (Phi) is 7.53. The highest BCUT2D eigenvalue weighted by atomic mass is 16.5. The number of aliphatic hydroxyl groups excluding tert-OH is 1. The van der Waals surface area contributed by atoms with Crippen LogP contribution < -0.4 is 9.80 Å². The number of nitrogens with zero attached hydrogens (tertiary/aromatic N) is 2. The number of unbranched alkanes of at least 4 members (excludes halogenated alkanes) is 1. The molecule has 1 saturated heterocycles. The number of hydrogen-bond donors (Lipinski definition) is 1.